The van der Waals surface area contributed by atoms with Crippen molar-refractivity contribution in [1.29, 1.82) is 0 Å². The summed E-state index contributed by atoms with van der Waals surface area (Å²) in [6.07, 6.45) is 7.68. The normalized spacial score (nSPS) is 24.3. The molecule has 0 aliphatic heterocycles. The number of carboxylic acid groups (broad SMARTS) is 1. The van der Waals surface area contributed by atoms with Crippen LogP contribution in [0, 0.1) is 5.92 Å². The summed E-state index contributed by atoms with van der Waals surface area (Å²) in [6.45, 7) is 2.27. The first-order valence-corrected chi connectivity index (χ1v) is 6.10. The Labute approximate surface area is 101 Å². The molecule has 2 N–H and O–H groups in total. The summed E-state index contributed by atoms with van der Waals surface area (Å²) in [5, 5.41) is 12.4. The van der Waals surface area contributed by atoms with Gasteiger partial charge in [0.15, 0.2) is 0 Å². The van der Waals surface area contributed by atoms with E-state index in [9.17, 15) is 4.79 Å². The Morgan fingerprint density at radius 2 is 2.12 bits per heavy atom. The molecule has 1 aromatic heterocycles. The highest BCUT2D eigenvalue weighted by Gasteiger charge is 2.19. The third kappa shape index (κ3) is 2.96. The van der Waals surface area contributed by atoms with Crippen molar-refractivity contribution in [3.8, 4) is 0 Å². The first-order chi connectivity index (χ1) is 8.16. The monoisotopic (exact) mass is 234 g/mol. The lowest BCUT2D eigenvalue weighted by Gasteiger charge is -2.28. The van der Waals surface area contributed by atoms with Gasteiger partial charge in [-0.15, -0.1) is 0 Å². The number of nitrogens with one attached hydrogen (secondary N) is 1. The Bertz CT molecular complexity index is 398. The summed E-state index contributed by atoms with van der Waals surface area (Å²) in [5.74, 6) is -0.130. The number of aromatic nitrogens is 1. The molecule has 0 bridgehead atoms. The van der Waals surface area contributed by atoms with Crippen LogP contribution in [-0.2, 0) is 0 Å². The van der Waals surface area contributed by atoms with E-state index >= 15 is 0 Å². The lowest BCUT2D eigenvalue weighted by molar-refractivity contribution is 0.0697. The molecule has 1 fully saturated rings. The van der Waals surface area contributed by atoms with Gasteiger partial charge in [0.25, 0.3) is 0 Å². The SMILES string of the molecule is CC1CCC(Nc2ccncc2C(=O)O)CC1. The van der Waals surface area contributed by atoms with Crippen LogP contribution in [0.1, 0.15) is 43.0 Å². The van der Waals surface area contributed by atoms with E-state index in [1.165, 1.54) is 19.0 Å². The van der Waals surface area contributed by atoms with E-state index in [-0.39, 0.29) is 5.56 Å². The van der Waals surface area contributed by atoms with Gasteiger partial charge in [-0.1, -0.05) is 6.92 Å². The number of pyridine rings is 1. The Morgan fingerprint density at radius 3 is 2.76 bits per heavy atom. The molecule has 0 aromatic carbocycles. The third-order valence-corrected chi connectivity index (χ3v) is 3.43. The quantitative estimate of drug-likeness (QED) is 0.844. The van der Waals surface area contributed by atoms with Gasteiger partial charge in [-0.05, 0) is 37.7 Å². The molecular formula is C13H18N2O2. The molecule has 0 unspecified atom stereocenters. The minimum absolute atomic E-state index is 0.256. The zero-order valence-corrected chi connectivity index (χ0v) is 10.0. The predicted octanol–water partition coefficient (Wildman–Crippen LogP) is 2.77. The van der Waals surface area contributed by atoms with Crippen molar-refractivity contribution < 1.29 is 9.90 Å². The molecule has 1 heterocycles. The highest BCUT2D eigenvalue weighted by molar-refractivity contribution is 5.93. The van der Waals surface area contributed by atoms with Crippen LogP contribution in [0.3, 0.4) is 0 Å². The van der Waals surface area contributed by atoms with E-state index in [1.807, 2.05) is 0 Å². The van der Waals surface area contributed by atoms with Gasteiger partial charge in [-0.3, -0.25) is 4.98 Å². The van der Waals surface area contributed by atoms with E-state index < -0.39 is 5.97 Å². The molecule has 1 aromatic rings. The van der Waals surface area contributed by atoms with Gasteiger partial charge in [-0.25, -0.2) is 4.79 Å². The summed E-state index contributed by atoms with van der Waals surface area (Å²) in [4.78, 5) is 14.9. The Kier molecular flexibility index (Phi) is 3.61. The molecule has 1 aliphatic carbocycles. The summed E-state index contributed by atoms with van der Waals surface area (Å²) in [7, 11) is 0. The molecule has 0 atom stereocenters. The maximum Gasteiger partial charge on any atom is 0.339 e. The number of hydrogen-bond donors (Lipinski definition) is 2. The number of nitrogens with zero attached hydrogens (tertiary/aromatic N) is 1. The molecule has 0 saturated heterocycles. The van der Waals surface area contributed by atoms with Crippen LogP contribution in [0.5, 0.6) is 0 Å². The van der Waals surface area contributed by atoms with Crippen LogP contribution < -0.4 is 5.32 Å². The molecular weight excluding hydrogens is 216 g/mol. The van der Waals surface area contributed by atoms with Gasteiger partial charge in [0.2, 0.25) is 0 Å². The first kappa shape index (κ1) is 11.9. The second-order valence-electron chi connectivity index (χ2n) is 4.83. The van der Waals surface area contributed by atoms with Crippen LogP contribution in [0.4, 0.5) is 5.69 Å². The van der Waals surface area contributed by atoms with E-state index in [2.05, 4.69) is 17.2 Å². The largest absolute Gasteiger partial charge is 0.478 e. The lowest BCUT2D eigenvalue weighted by Crippen LogP contribution is -2.26. The molecule has 1 saturated carbocycles. The summed E-state index contributed by atoms with van der Waals surface area (Å²) < 4.78 is 0. The summed E-state index contributed by atoms with van der Waals surface area (Å²) >= 11 is 0. The fourth-order valence-electron chi connectivity index (χ4n) is 2.32. The highest BCUT2D eigenvalue weighted by atomic mass is 16.4. The molecule has 92 valence electrons. The van der Waals surface area contributed by atoms with Crippen molar-refractivity contribution in [2.75, 3.05) is 5.32 Å². The number of rotatable bonds is 3. The number of anilines is 1. The Hall–Kier alpha value is -1.58. The Balaban J connectivity index is 2.05. The zero-order chi connectivity index (χ0) is 12.3. The molecule has 0 spiro atoms. The average Bonchev–Trinajstić information content (AvgIpc) is 2.32. The standard InChI is InChI=1S/C13H18N2O2/c1-9-2-4-10(5-3-9)15-12-6-7-14-8-11(12)13(16)17/h6-10H,2-5H2,1H3,(H,14,15)(H,16,17). The topological polar surface area (TPSA) is 62.2 Å². The maximum absolute atomic E-state index is 11.0. The number of carbonyl (C=O) groups is 1. The summed E-state index contributed by atoms with van der Waals surface area (Å²) in [5.41, 5.74) is 0.943. The zero-order valence-electron chi connectivity index (χ0n) is 10.0. The van der Waals surface area contributed by atoms with Crippen LogP contribution in [0.25, 0.3) is 0 Å². The van der Waals surface area contributed by atoms with Crippen molar-refractivity contribution in [1.82, 2.24) is 4.98 Å². The number of aromatic carboxylic acids is 1. The van der Waals surface area contributed by atoms with Crippen molar-refractivity contribution >= 4 is 11.7 Å². The van der Waals surface area contributed by atoms with Gasteiger partial charge in [0.05, 0.1) is 5.69 Å². The van der Waals surface area contributed by atoms with Crippen LogP contribution in [0.15, 0.2) is 18.5 Å². The van der Waals surface area contributed by atoms with Crippen LogP contribution >= 0.6 is 0 Å². The van der Waals surface area contributed by atoms with Crippen molar-refractivity contribution in [2.45, 2.75) is 38.6 Å². The van der Waals surface area contributed by atoms with Gasteiger partial charge in [0, 0.05) is 18.4 Å². The summed E-state index contributed by atoms with van der Waals surface area (Å²) in [6, 6.07) is 2.13. The molecule has 2 rings (SSSR count). The van der Waals surface area contributed by atoms with Crippen LogP contribution in [-0.4, -0.2) is 22.1 Å². The van der Waals surface area contributed by atoms with Crippen molar-refractivity contribution in [2.24, 2.45) is 5.92 Å². The van der Waals surface area contributed by atoms with Crippen molar-refractivity contribution in [3.05, 3.63) is 24.0 Å². The minimum atomic E-state index is -0.926. The maximum atomic E-state index is 11.0. The third-order valence-electron chi connectivity index (χ3n) is 3.43. The predicted molar refractivity (Wildman–Crippen MR) is 66.2 cm³/mol. The van der Waals surface area contributed by atoms with Crippen molar-refractivity contribution in [3.63, 3.8) is 0 Å². The second-order valence-corrected chi connectivity index (χ2v) is 4.83. The number of hydrogen-bond acceptors (Lipinski definition) is 3. The second kappa shape index (κ2) is 5.17. The number of carboxylic acids is 1. The van der Waals surface area contributed by atoms with E-state index in [0.29, 0.717) is 11.7 Å². The molecule has 1 aliphatic rings. The van der Waals surface area contributed by atoms with Gasteiger partial charge >= 0.3 is 5.97 Å². The molecule has 4 nitrogen and oxygen atoms in total. The fourth-order valence-corrected chi connectivity index (χ4v) is 2.32. The van der Waals surface area contributed by atoms with Crippen LogP contribution in [0.2, 0.25) is 0 Å². The van der Waals surface area contributed by atoms with Gasteiger partial charge < -0.3 is 10.4 Å². The minimum Gasteiger partial charge on any atom is -0.478 e. The molecule has 0 amide bonds. The van der Waals surface area contributed by atoms with E-state index in [1.54, 1.807) is 12.3 Å². The van der Waals surface area contributed by atoms with E-state index in [0.717, 1.165) is 18.8 Å². The molecule has 17 heavy (non-hydrogen) atoms. The van der Waals surface area contributed by atoms with E-state index in [4.69, 9.17) is 5.11 Å². The first-order valence-electron chi connectivity index (χ1n) is 6.10. The highest BCUT2D eigenvalue weighted by Crippen LogP contribution is 2.26. The molecule has 4 heteroatoms. The smallest absolute Gasteiger partial charge is 0.339 e. The molecule has 0 radical (unpaired) electrons. The lowest BCUT2D eigenvalue weighted by atomic mass is 9.87. The Morgan fingerprint density at radius 1 is 1.41 bits per heavy atom. The van der Waals surface area contributed by atoms with Gasteiger partial charge in [0.1, 0.15) is 5.56 Å². The van der Waals surface area contributed by atoms with Gasteiger partial charge in [-0.2, -0.15) is 0 Å². The fraction of sp³-hybridized carbons (Fsp3) is 0.538. The average molecular weight is 234 g/mol.